The fourth-order valence-corrected chi connectivity index (χ4v) is 13.6. The number of carbonyl (C=O) groups is 4. The van der Waals surface area contributed by atoms with Gasteiger partial charge >= 0.3 is 39.5 Å². The van der Waals surface area contributed by atoms with Crippen LogP contribution in [0.4, 0.5) is 0 Å². The van der Waals surface area contributed by atoms with Gasteiger partial charge in [-0.25, -0.2) is 9.13 Å². The number of carbonyl (C=O) groups excluding carboxylic acids is 4. The molecular formula is C78H152O17P2. The van der Waals surface area contributed by atoms with Gasteiger partial charge in [-0.3, -0.25) is 37.3 Å². The van der Waals surface area contributed by atoms with Gasteiger partial charge in [0.1, 0.15) is 19.3 Å². The second-order valence-corrected chi connectivity index (χ2v) is 31.7. The minimum absolute atomic E-state index is 0.107. The molecule has 0 rings (SSSR count). The maximum atomic E-state index is 13.1. The van der Waals surface area contributed by atoms with Gasteiger partial charge in [-0.2, -0.15) is 0 Å². The fraction of sp³-hybridized carbons (Fsp3) is 0.949. The van der Waals surface area contributed by atoms with E-state index >= 15 is 0 Å². The summed E-state index contributed by atoms with van der Waals surface area (Å²) in [6.45, 7) is 9.63. The Morgan fingerprint density at radius 1 is 0.299 bits per heavy atom. The van der Waals surface area contributed by atoms with E-state index < -0.39 is 97.5 Å². The predicted molar refractivity (Wildman–Crippen MR) is 395 cm³/mol. The van der Waals surface area contributed by atoms with Crippen molar-refractivity contribution in [3.63, 3.8) is 0 Å². The van der Waals surface area contributed by atoms with Gasteiger partial charge in [-0.1, -0.05) is 356 Å². The SMILES string of the molecule is CCCCCCCCCCCCCCCCCCCCC(=O)O[C@H](COC(=O)CCCCCCCCCCCCC(C)CC)COP(=O)(O)OC[C@@H](O)COP(=O)(O)OC[C@@H](COC(=O)CCCCCCCCCCCC(C)C)OC(=O)CCCCCCCCCCCCCCC. The van der Waals surface area contributed by atoms with Gasteiger partial charge in [0, 0.05) is 25.7 Å². The molecule has 0 heterocycles. The van der Waals surface area contributed by atoms with Crippen molar-refractivity contribution >= 4 is 39.5 Å². The largest absolute Gasteiger partial charge is 0.472 e. The first-order chi connectivity index (χ1) is 46.9. The minimum Gasteiger partial charge on any atom is -0.462 e. The molecule has 0 aliphatic rings. The summed E-state index contributed by atoms with van der Waals surface area (Å²) < 4.78 is 68.6. The van der Waals surface area contributed by atoms with E-state index in [-0.39, 0.29) is 25.7 Å². The summed E-state index contributed by atoms with van der Waals surface area (Å²) in [5.74, 6) is -0.557. The monoisotopic (exact) mass is 1420 g/mol. The third-order valence-corrected chi connectivity index (χ3v) is 20.5. The summed E-state index contributed by atoms with van der Waals surface area (Å²) in [4.78, 5) is 72.9. The third kappa shape index (κ3) is 70.9. The van der Waals surface area contributed by atoms with Crippen molar-refractivity contribution in [3.05, 3.63) is 0 Å². The fourth-order valence-electron chi connectivity index (χ4n) is 12.0. The molecule has 3 unspecified atom stereocenters. The lowest BCUT2D eigenvalue weighted by Crippen LogP contribution is -2.30. The van der Waals surface area contributed by atoms with E-state index in [1.165, 1.54) is 225 Å². The molecule has 19 heteroatoms. The lowest BCUT2D eigenvalue weighted by molar-refractivity contribution is -0.161. The predicted octanol–water partition coefficient (Wildman–Crippen LogP) is 23.1. The van der Waals surface area contributed by atoms with Crippen LogP contribution in [0.25, 0.3) is 0 Å². The number of aliphatic hydroxyl groups excluding tert-OH is 1. The van der Waals surface area contributed by atoms with Gasteiger partial charge in [-0.15, -0.1) is 0 Å². The van der Waals surface area contributed by atoms with Crippen molar-refractivity contribution in [3.8, 4) is 0 Å². The molecule has 0 aliphatic carbocycles. The molecule has 0 amide bonds. The Hall–Kier alpha value is -1.94. The molecule has 0 fully saturated rings. The number of aliphatic hydroxyl groups is 1. The number of rotatable bonds is 77. The highest BCUT2D eigenvalue weighted by molar-refractivity contribution is 7.47. The van der Waals surface area contributed by atoms with Crippen LogP contribution in [0.2, 0.25) is 0 Å². The van der Waals surface area contributed by atoms with Crippen molar-refractivity contribution in [1.29, 1.82) is 0 Å². The smallest absolute Gasteiger partial charge is 0.462 e. The number of phosphoric acid groups is 2. The summed E-state index contributed by atoms with van der Waals surface area (Å²) >= 11 is 0. The number of hydrogen-bond acceptors (Lipinski definition) is 15. The van der Waals surface area contributed by atoms with Crippen LogP contribution in [0.1, 0.15) is 408 Å². The van der Waals surface area contributed by atoms with Crippen molar-refractivity contribution in [2.24, 2.45) is 11.8 Å². The number of ether oxygens (including phenoxy) is 4. The molecule has 0 bridgehead atoms. The minimum atomic E-state index is -4.96. The van der Waals surface area contributed by atoms with Crippen LogP contribution in [0.3, 0.4) is 0 Å². The topological polar surface area (TPSA) is 237 Å². The molecule has 0 saturated heterocycles. The van der Waals surface area contributed by atoms with E-state index in [2.05, 4.69) is 41.5 Å². The number of unbranched alkanes of at least 4 members (excludes halogenated alkanes) is 46. The van der Waals surface area contributed by atoms with E-state index in [0.717, 1.165) is 102 Å². The summed E-state index contributed by atoms with van der Waals surface area (Å²) in [6, 6.07) is 0. The van der Waals surface area contributed by atoms with E-state index in [1.54, 1.807) is 0 Å². The van der Waals surface area contributed by atoms with Crippen LogP contribution < -0.4 is 0 Å². The molecule has 0 aromatic heterocycles. The molecule has 0 spiro atoms. The molecule has 0 aliphatic heterocycles. The van der Waals surface area contributed by atoms with Crippen LogP contribution in [0.5, 0.6) is 0 Å². The van der Waals surface area contributed by atoms with Gasteiger partial charge in [0.2, 0.25) is 0 Å². The number of hydrogen-bond donors (Lipinski definition) is 3. The highest BCUT2D eigenvalue weighted by Crippen LogP contribution is 2.45. The van der Waals surface area contributed by atoms with Gasteiger partial charge in [0.15, 0.2) is 12.2 Å². The zero-order valence-corrected chi connectivity index (χ0v) is 65.2. The molecule has 6 atom stereocenters. The summed E-state index contributed by atoms with van der Waals surface area (Å²) in [5.41, 5.74) is 0. The molecule has 0 saturated carbocycles. The van der Waals surface area contributed by atoms with Crippen molar-refractivity contribution in [2.75, 3.05) is 39.6 Å². The van der Waals surface area contributed by atoms with E-state index in [4.69, 9.17) is 37.0 Å². The highest BCUT2D eigenvalue weighted by atomic mass is 31.2. The maximum Gasteiger partial charge on any atom is 0.472 e. The van der Waals surface area contributed by atoms with Crippen LogP contribution in [-0.2, 0) is 65.4 Å². The lowest BCUT2D eigenvalue weighted by Gasteiger charge is -2.21. The summed E-state index contributed by atoms with van der Waals surface area (Å²) in [6.07, 6.45) is 58.1. The summed E-state index contributed by atoms with van der Waals surface area (Å²) in [5, 5.41) is 10.6. The van der Waals surface area contributed by atoms with Gasteiger partial charge < -0.3 is 33.8 Å². The van der Waals surface area contributed by atoms with Crippen LogP contribution in [0, 0.1) is 11.8 Å². The summed E-state index contributed by atoms with van der Waals surface area (Å²) in [7, 11) is -9.92. The highest BCUT2D eigenvalue weighted by Gasteiger charge is 2.30. The van der Waals surface area contributed by atoms with Crippen molar-refractivity contribution in [2.45, 2.75) is 426 Å². The molecule has 17 nitrogen and oxygen atoms in total. The number of esters is 4. The van der Waals surface area contributed by atoms with Crippen molar-refractivity contribution in [1.82, 2.24) is 0 Å². The van der Waals surface area contributed by atoms with Crippen LogP contribution in [0.15, 0.2) is 0 Å². The molecular weight excluding hydrogens is 1270 g/mol. The second kappa shape index (κ2) is 69.8. The zero-order valence-electron chi connectivity index (χ0n) is 63.4. The Labute approximate surface area is 594 Å². The Morgan fingerprint density at radius 2 is 0.526 bits per heavy atom. The molecule has 0 aromatic rings. The first-order valence-corrected chi connectivity index (χ1v) is 43.5. The molecule has 0 aromatic carbocycles. The number of phosphoric ester groups is 2. The molecule has 0 radical (unpaired) electrons. The average Bonchev–Trinajstić information content (AvgIpc) is 2.65. The first-order valence-electron chi connectivity index (χ1n) is 40.5. The second-order valence-electron chi connectivity index (χ2n) is 28.8. The van der Waals surface area contributed by atoms with Crippen molar-refractivity contribution < 1.29 is 80.2 Å². The first kappa shape index (κ1) is 95.1. The Morgan fingerprint density at radius 3 is 0.784 bits per heavy atom. The molecule has 3 N–H and O–H groups in total. The average molecular weight is 1420 g/mol. The van der Waals surface area contributed by atoms with E-state index in [0.29, 0.717) is 25.7 Å². The van der Waals surface area contributed by atoms with Crippen LogP contribution in [-0.4, -0.2) is 96.7 Å². The van der Waals surface area contributed by atoms with Gasteiger partial charge in [0.05, 0.1) is 26.4 Å². The normalized spacial score (nSPS) is 14.2. The molecule has 576 valence electrons. The van der Waals surface area contributed by atoms with Gasteiger partial charge in [-0.05, 0) is 37.5 Å². The zero-order chi connectivity index (χ0) is 71.4. The van der Waals surface area contributed by atoms with Crippen LogP contribution >= 0.6 is 15.6 Å². The Bertz CT molecular complexity index is 1870. The molecule has 97 heavy (non-hydrogen) atoms. The van der Waals surface area contributed by atoms with Gasteiger partial charge in [0.25, 0.3) is 0 Å². The quantitative estimate of drug-likeness (QED) is 0.0222. The standard InChI is InChI=1S/C78H152O17P2/c1-7-10-12-14-16-18-20-22-23-24-25-26-28-30-38-45-51-57-63-78(83)94-73(66-88-75(80)60-54-48-42-36-32-31-35-41-47-53-59-71(6)9-3)68-92-96(84,85)90-64-72(79)65-91-97(86,87)93-69-74(67-89-76(81)61-55-49-43-39-33-34-40-46-52-58-70(4)5)95-77(82)62-56-50-44-37-29-27-21-19-17-15-13-11-8-2/h70-74,79H,7-69H2,1-6H3,(H,84,85)(H,86,87)/t71?,72-,73-,74-/m1/s1. The Kier molecular flexibility index (Phi) is 68.4. The van der Waals surface area contributed by atoms with E-state index in [1.807, 2.05) is 0 Å². The Balaban J connectivity index is 5.26. The van der Waals surface area contributed by atoms with E-state index in [9.17, 15) is 43.2 Å². The third-order valence-electron chi connectivity index (χ3n) is 18.6. The lowest BCUT2D eigenvalue weighted by atomic mass is 9.99. The maximum absolute atomic E-state index is 13.1.